The van der Waals surface area contributed by atoms with Gasteiger partial charge in [0.2, 0.25) is 0 Å². The summed E-state index contributed by atoms with van der Waals surface area (Å²) in [4.78, 5) is 6.64. The van der Waals surface area contributed by atoms with Crippen LogP contribution in [0.1, 0.15) is 41.3 Å². The van der Waals surface area contributed by atoms with Crippen LogP contribution in [-0.4, -0.2) is 42.3 Å². The molecule has 0 amide bonds. The quantitative estimate of drug-likeness (QED) is 0.565. The van der Waals surface area contributed by atoms with E-state index in [1.165, 1.54) is 13.0 Å². The molecule has 0 spiro atoms. The summed E-state index contributed by atoms with van der Waals surface area (Å²) in [6, 6.07) is 6.98. The van der Waals surface area contributed by atoms with Crippen molar-refractivity contribution in [2.45, 2.75) is 38.4 Å². The lowest BCUT2D eigenvalue weighted by molar-refractivity contribution is -0.136. The van der Waals surface area contributed by atoms with Gasteiger partial charge in [0.1, 0.15) is 0 Å². The predicted octanol–water partition coefficient (Wildman–Crippen LogP) is 4.95. The highest BCUT2D eigenvalue weighted by Crippen LogP contribution is 2.39. The molecule has 2 aromatic heterocycles. The molecule has 4 rings (SSSR count). The van der Waals surface area contributed by atoms with E-state index in [1.807, 2.05) is 18.2 Å². The molecule has 31 heavy (non-hydrogen) atoms. The zero-order chi connectivity index (χ0) is 22.2. The Balaban J connectivity index is 1.48. The average Bonchev–Trinajstić information content (AvgIpc) is 3.13. The van der Waals surface area contributed by atoms with Crippen LogP contribution in [-0.2, 0) is 12.7 Å². The third-order valence-electron chi connectivity index (χ3n) is 5.80. The van der Waals surface area contributed by atoms with E-state index in [0.717, 1.165) is 38.0 Å². The molecule has 3 heterocycles. The van der Waals surface area contributed by atoms with E-state index in [1.54, 1.807) is 14.2 Å². The Morgan fingerprint density at radius 3 is 2.45 bits per heavy atom. The number of fused-ring (bicyclic) bond motifs is 1. The summed E-state index contributed by atoms with van der Waals surface area (Å²) >= 11 is 0. The van der Waals surface area contributed by atoms with Crippen molar-refractivity contribution in [2.24, 2.45) is 0 Å². The van der Waals surface area contributed by atoms with Gasteiger partial charge in [-0.15, -0.1) is 0 Å². The summed E-state index contributed by atoms with van der Waals surface area (Å²) < 4.78 is 56.5. The molecule has 9 heteroatoms. The number of rotatable bonds is 5. The molecule has 0 saturated carbocycles. The van der Waals surface area contributed by atoms with Crippen molar-refractivity contribution < 1.29 is 27.2 Å². The van der Waals surface area contributed by atoms with Gasteiger partial charge >= 0.3 is 6.18 Å². The van der Waals surface area contributed by atoms with Gasteiger partial charge in [0, 0.05) is 18.2 Å². The van der Waals surface area contributed by atoms with Crippen LogP contribution in [0.2, 0.25) is 0 Å². The number of likely N-dealkylation sites (tertiary alicyclic amines) is 1. The van der Waals surface area contributed by atoms with Gasteiger partial charge in [-0.05, 0) is 56.6 Å². The van der Waals surface area contributed by atoms with Crippen molar-refractivity contribution in [1.29, 1.82) is 0 Å². The van der Waals surface area contributed by atoms with Crippen molar-refractivity contribution in [2.75, 3.05) is 27.3 Å². The van der Waals surface area contributed by atoms with Gasteiger partial charge in [0.15, 0.2) is 11.5 Å². The van der Waals surface area contributed by atoms with Crippen LogP contribution in [0.25, 0.3) is 11.1 Å². The molecule has 0 N–H and O–H groups in total. The first-order valence-corrected chi connectivity index (χ1v) is 10.1. The second kappa shape index (κ2) is 8.37. The van der Waals surface area contributed by atoms with Crippen molar-refractivity contribution in [3.63, 3.8) is 0 Å². The summed E-state index contributed by atoms with van der Waals surface area (Å²) in [5, 5.41) is 3.62. The zero-order valence-corrected chi connectivity index (χ0v) is 17.6. The number of methoxy groups -OCH3 is 2. The number of hydrogen-bond acceptors (Lipinski definition) is 6. The van der Waals surface area contributed by atoms with Crippen molar-refractivity contribution >= 4 is 11.1 Å². The van der Waals surface area contributed by atoms with E-state index in [2.05, 4.69) is 15.0 Å². The summed E-state index contributed by atoms with van der Waals surface area (Å²) in [6.07, 6.45) is -3.05. The number of piperidine rings is 1. The smallest absolute Gasteiger partial charge is 0.417 e. The molecule has 1 aliphatic rings. The minimum Gasteiger partial charge on any atom is -0.493 e. The van der Waals surface area contributed by atoms with Crippen molar-refractivity contribution in [1.82, 2.24) is 15.0 Å². The van der Waals surface area contributed by atoms with E-state index in [9.17, 15) is 13.2 Å². The normalized spacial score (nSPS) is 16.1. The second-order valence-corrected chi connectivity index (χ2v) is 7.78. The number of pyridine rings is 1. The van der Waals surface area contributed by atoms with E-state index < -0.39 is 11.7 Å². The number of aromatic nitrogens is 2. The monoisotopic (exact) mass is 435 g/mol. The van der Waals surface area contributed by atoms with Gasteiger partial charge in [0.25, 0.3) is 5.71 Å². The number of alkyl halides is 3. The number of aryl methyl sites for hydroxylation is 1. The molecule has 6 nitrogen and oxygen atoms in total. The molecule has 0 unspecified atom stereocenters. The highest BCUT2D eigenvalue weighted by molar-refractivity contribution is 5.80. The summed E-state index contributed by atoms with van der Waals surface area (Å²) in [5.74, 6) is 1.29. The SMILES string of the molecule is COc1ccc(CN2CCC(c3cc(C(F)(F)F)c4c(C)noc4n3)CC2)cc1OC. The third-order valence-corrected chi connectivity index (χ3v) is 5.80. The van der Waals surface area contributed by atoms with E-state index in [0.29, 0.717) is 17.2 Å². The van der Waals surface area contributed by atoms with E-state index in [4.69, 9.17) is 14.0 Å². The highest BCUT2D eigenvalue weighted by atomic mass is 19.4. The highest BCUT2D eigenvalue weighted by Gasteiger charge is 2.36. The van der Waals surface area contributed by atoms with Crippen LogP contribution in [0.3, 0.4) is 0 Å². The zero-order valence-electron chi connectivity index (χ0n) is 17.6. The van der Waals surface area contributed by atoms with Crippen molar-refractivity contribution in [3.05, 3.63) is 46.8 Å². The lowest BCUT2D eigenvalue weighted by atomic mass is 9.91. The topological polar surface area (TPSA) is 60.6 Å². The molecule has 0 bridgehead atoms. The fourth-order valence-electron chi connectivity index (χ4n) is 4.17. The van der Waals surface area contributed by atoms with Crippen LogP contribution in [0.4, 0.5) is 13.2 Å². The fraction of sp³-hybridized carbons (Fsp3) is 0.455. The second-order valence-electron chi connectivity index (χ2n) is 7.78. The molecule has 0 atom stereocenters. The standard InChI is InChI=1S/C22H24F3N3O3/c1-13-20-16(22(23,24)25)11-17(26-21(20)31-27-13)15-6-8-28(9-7-15)12-14-4-5-18(29-2)19(10-14)30-3/h4-5,10-11,15H,6-9,12H2,1-3H3. The third kappa shape index (κ3) is 4.32. The number of nitrogens with zero attached hydrogens (tertiary/aromatic N) is 3. The molecule has 0 radical (unpaired) electrons. The molecule has 166 valence electrons. The molecule has 0 aliphatic carbocycles. The Morgan fingerprint density at radius 2 is 1.81 bits per heavy atom. The number of ether oxygens (including phenoxy) is 2. The van der Waals surface area contributed by atoms with Gasteiger partial charge in [-0.25, -0.2) is 4.98 Å². The van der Waals surface area contributed by atoms with Gasteiger partial charge in [0.05, 0.1) is 30.9 Å². The number of benzene rings is 1. The summed E-state index contributed by atoms with van der Waals surface area (Å²) in [6.45, 7) is 3.74. The Morgan fingerprint density at radius 1 is 1.10 bits per heavy atom. The van der Waals surface area contributed by atoms with E-state index in [-0.39, 0.29) is 22.7 Å². The number of halogens is 3. The van der Waals surface area contributed by atoms with Gasteiger partial charge in [-0.1, -0.05) is 11.2 Å². The Hall–Kier alpha value is -2.81. The first-order valence-electron chi connectivity index (χ1n) is 10.1. The van der Waals surface area contributed by atoms with Crippen LogP contribution >= 0.6 is 0 Å². The Kier molecular flexibility index (Phi) is 5.79. The van der Waals surface area contributed by atoms with Gasteiger partial charge in [-0.2, -0.15) is 13.2 Å². The fourth-order valence-corrected chi connectivity index (χ4v) is 4.17. The first-order chi connectivity index (χ1) is 14.8. The van der Waals surface area contributed by atoms with Crippen molar-refractivity contribution in [3.8, 4) is 11.5 Å². The maximum atomic E-state index is 13.6. The molecule has 1 aromatic carbocycles. The number of hydrogen-bond donors (Lipinski definition) is 0. The summed E-state index contributed by atoms with van der Waals surface area (Å²) in [7, 11) is 3.19. The van der Waals surface area contributed by atoms with Crippen LogP contribution in [0.5, 0.6) is 11.5 Å². The van der Waals surface area contributed by atoms with Gasteiger partial charge in [-0.3, -0.25) is 4.90 Å². The van der Waals surface area contributed by atoms with E-state index >= 15 is 0 Å². The first kappa shape index (κ1) is 21.4. The molecular formula is C22H24F3N3O3. The minimum absolute atomic E-state index is 0.0462. The maximum absolute atomic E-state index is 13.6. The molecule has 1 aliphatic heterocycles. The summed E-state index contributed by atoms with van der Waals surface area (Å²) in [5.41, 5.74) is 0.939. The average molecular weight is 435 g/mol. The largest absolute Gasteiger partial charge is 0.493 e. The Labute approximate surface area is 177 Å². The molecule has 1 fully saturated rings. The minimum atomic E-state index is -4.49. The van der Waals surface area contributed by atoms with Crippen LogP contribution in [0, 0.1) is 6.92 Å². The van der Waals surface area contributed by atoms with Crippen LogP contribution in [0.15, 0.2) is 28.8 Å². The maximum Gasteiger partial charge on any atom is 0.417 e. The van der Waals surface area contributed by atoms with Crippen LogP contribution < -0.4 is 9.47 Å². The lowest BCUT2D eigenvalue weighted by Gasteiger charge is -2.32. The van der Waals surface area contributed by atoms with Gasteiger partial charge < -0.3 is 14.0 Å². The predicted molar refractivity (Wildman–Crippen MR) is 108 cm³/mol. The lowest BCUT2D eigenvalue weighted by Crippen LogP contribution is -2.32. The Bertz CT molecular complexity index is 1070. The molecule has 3 aromatic rings. The molecular weight excluding hydrogens is 411 g/mol. The molecule has 1 saturated heterocycles.